The Kier molecular flexibility index (Phi) is 6.63. The van der Waals surface area contributed by atoms with Gasteiger partial charge in [-0.3, -0.25) is 0 Å². The van der Waals surface area contributed by atoms with E-state index in [2.05, 4.69) is 6.58 Å². The summed E-state index contributed by atoms with van der Waals surface area (Å²) in [6.07, 6.45) is 6.21. The maximum atomic E-state index is 8.91. The van der Waals surface area contributed by atoms with Crippen molar-refractivity contribution in [2.24, 2.45) is 11.8 Å². The molecule has 1 rings (SSSR count). The molecule has 13 heavy (non-hydrogen) atoms. The van der Waals surface area contributed by atoms with E-state index in [1.54, 1.807) is 0 Å². The number of hydrogen-bond acceptors (Lipinski definition) is 2. The van der Waals surface area contributed by atoms with E-state index in [4.69, 9.17) is 9.84 Å². The minimum absolute atomic E-state index is 0. The number of aliphatic hydroxyl groups excluding tert-OH is 1. The first-order valence-electron chi connectivity index (χ1n) is 4.70. The van der Waals surface area contributed by atoms with Gasteiger partial charge in [-0.15, -0.1) is 0 Å². The Balaban J connectivity index is 0.00000144. The highest BCUT2D eigenvalue weighted by Crippen LogP contribution is 2.28. The first-order chi connectivity index (χ1) is 5.86. The zero-order valence-corrected chi connectivity index (χ0v) is 8.04. The monoisotopic (exact) mass is 188 g/mol. The van der Waals surface area contributed by atoms with E-state index in [1.807, 2.05) is 0 Å². The molecule has 3 heteroatoms. The second-order valence-corrected chi connectivity index (χ2v) is 3.57. The average molecular weight is 188 g/mol. The third-order valence-corrected chi connectivity index (χ3v) is 2.67. The van der Waals surface area contributed by atoms with Gasteiger partial charge in [-0.1, -0.05) is 6.58 Å². The van der Waals surface area contributed by atoms with Gasteiger partial charge in [0.15, 0.2) is 0 Å². The number of aliphatic hydroxyl groups is 1. The Morgan fingerprint density at radius 3 is 2.23 bits per heavy atom. The van der Waals surface area contributed by atoms with Crippen LogP contribution in [0.25, 0.3) is 0 Å². The van der Waals surface area contributed by atoms with E-state index in [-0.39, 0.29) is 5.48 Å². The van der Waals surface area contributed by atoms with Gasteiger partial charge in [0.25, 0.3) is 0 Å². The van der Waals surface area contributed by atoms with Crippen molar-refractivity contribution in [1.29, 1.82) is 0 Å². The fraction of sp³-hybridized carbons (Fsp3) is 0.800. The van der Waals surface area contributed by atoms with Crippen LogP contribution in [0.4, 0.5) is 0 Å². The Labute approximate surface area is 79.7 Å². The van der Waals surface area contributed by atoms with Gasteiger partial charge in [0, 0.05) is 6.61 Å². The Hall–Kier alpha value is -0.540. The van der Waals surface area contributed by atoms with Crippen molar-refractivity contribution < 1.29 is 15.3 Å². The fourth-order valence-corrected chi connectivity index (χ4v) is 1.78. The summed E-state index contributed by atoms with van der Waals surface area (Å²) in [7, 11) is 0. The van der Waals surface area contributed by atoms with Crippen LogP contribution in [-0.4, -0.2) is 23.8 Å². The van der Waals surface area contributed by atoms with E-state index >= 15 is 0 Å². The van der Waals surface area contributed by atoms with E-state index in [9.17, 15) is 0 Å². The van der Waals surface area contributed by atoms with E-state index in [0.29, 0.717) is 18.4 Å². The highest BCUT2D eigenvalue weighted by molar-refractivity contribution is 4.72. The van der Waals surface area contributed by atoms with Crippen LogP contribution in [0.15, 0.2) is 12.8 Å². The number of ether oxygens (including phenoxy) is 1. The summed E-state index contributed by atoms with van der Waals surface area (Å²) >= 11 is 0. The molecule has 0 aliphatic heterocycles. The second-order valence-electron chi connectivity index (χ2n) is 3.57. The van der Waals surface area contributed by atoms with E-state index < -0.39 is 0 Å². The van der Waals surface area contributed by atoms with Gasteiger partial charge < -0.3 is 15.3 Å². The molecule has 3 nitrogen and oxygen atoms in total. The zero-order valence-electron chi connectivity index (χ0n) is 8.04. The van der Waals surface area contributed by atoms with E-state index in [0.717, 1.165) is 19.4 Å². The lowest BCUT2D eigenvalue weighted by Crippen LogP contribution is -2.19. The number of hydrogen-bond donors (Lipinski definition) is 1. The minimum Gasteiger partial charge on any atom is -0.502 e. The van der Waals surface area contributed by atoms with Crippen molar-refractivity contribution in [1.82, 2.24) is 0 Å². The first kappa shape index (κ1) is 12.5. The third-order valence-electron chi connectivity index (χ3n) is 2.67. The molecule has 0 unspecified atom stereocenters. The van der Waals surface area contributed by atoms with Gasteiger partial charge in [-0.2, -0.15) is 0 Å². The van der Waals surface area contributed by atoms with Gasteiger partial charge in [-0.25, -0.2) is 0 Å². The average Bonchev–Trinajstić information content (AvgIpc) is 2.15. The SMILES string of the molecule is C=COCC1CCC(CO)CC1.O. The van der Waals surface area contributed by atoms with Crippen molar-refractivity contribution in [3.63, 3.8) is 0 Å². The summed E-state index contributed by atoms with van der Waals surface area (Å²) in [5, 5.41) is 8.91. The molecule has 0 spiro atoms. The van der Waals surface area contributed by atoms with Gasteiger partial charge in [0.2, 0.25) is 0 Å². The van der Waals surface area contributed by atoms with Crippen LogP contribution in [0.2, 0.25) is 0 Å². The molecule has 0 heterocycles. The van der Waals surface area contributed by atoms with E-state index in [1.165, 1.54) is 19.1 Å². The predicted octanol–water partition coefficient (Wildman–Crippen LogP) is 1.12. The molecule has 0 aromatic heterocycles. The highest BCUT2D eigenvalue weighted by atomic mass is 16.5. The van der Waals surface area contributed by atoms with Crippen molar-refractivity contribution in [2.45, 2.75) is 25.7 Å². The van der Waals surface area contributed by atoms with Crippen LogP contribution in [0.1, 0.15) is 25.7 Å². The smallest absolute Gasteiger partial charge is 0.0901 e. The highest BCUT2D eigenvalue weighted by Gasteiger charge is 2.20. The number of rotatable bonds is 4. The largest absolute Gasteiger partial charge is 0.502 e. The maximum absolute atomic E-state index is 8.91. The van der Waals surface area contributed by atoms with Crippen LogP contribution in [-0.2, 0) is 4.74 Å². The van der Waals surface area contributed by atoms with Crippen LogP contribution >= 0.6 is 0 Å². The topological polar surface area (TPSA) is 61.0 Å². The van der Waals surface area contributed by atoms with Crippen LogP contribution in [0.3, 0.4) is 0 Å². The lowest BCUT2D eigenvalue weighted by molar-refractivity contribution is 0.121. The summed E-state index contributed by atoms with van der Waals surface area (Å²) in [6, 6.07) is 0. The molecule has 1 fully saturated rings. The molecular weight excluding hydrogens is 168 g/mol. The summed E-state index contributed by atoms with van der Waals surface area (Å²) in [6.45, 7) is 4.68. The molecule has 0 radical (unpaired) electrons. The third kappa shape index (κ3) is 4.29. The Morgan fingerprint density at radius 2 is 1.77 bits per heavy atom. The second kappa shape index (κ2) is 6.92. The quantitative estimate of drug-likeness (QED) is 0.672. The minimum atomic E-state index is 0. The van der Waals surface area contributed by atoms with Crippen LogP contribution < -0.4 is 0 Å². The van der Waals surface area contributed by atoms with Crippen LogP contribution in [0.5, 0.6) is 0 Å². The molecule has 0 saturated heterocycles. The molecule has 0 atom stereocenters. The summed E-state index contributed by atoms with van der Waals surface area (Å²) < 4.78 is 5.14. The summed E-state index contributed by atoms with van der Waals surface area (Å²) in [4.78, 5) is 0. The molecule has 1 aliphatic carbocycles. The Morgan fingerprint density at radius 1 is 1.23 bits per heavy atom. The molecule has 1 saturated carbocycles. The van der Waals surface area contributed by atoms with Gasteiger partial charge >= 0.3 is 0 Å². The lowest BCUT2D eigenvalue weighted by Gasteiger charge is -2.26. The molecular formula is C10H20O3. The zero-order chi connectivity index (χ0) is 8.81. The molecule has 3 N–H and O–H groups in total. The maximum Gasteiger partial charge on any atom is 0.0901 e. The predicted molar refractivity (Wildman–Crippen MR) is 52.3 cm³/mol. The molecule has 0 aromatic rings. The molecule has 78 valence electrons. The standard InChI is InChI=1S/C10H18O2.H2O/c1-2-12-8-10-5-3-9(7-11)4-6-10;/h2,9-11H,1,3-8H2;1H2. The first-order valence-corrected chi connectivity index (χ1v) is 4.70. The lowest BCUT2D eigenvalue weighted by atomic mass is 9.83. The fourth-order valence-electron chi connectivity index (χ4n) is 1.78. The molecule has 0 amide bonds. The summed E-state index contributed by atoms with van der Waals surface area (Å²) in [5.41, 5.74) is 0. The van der Waals surface area contributed by atoms with Gasteiger partial charge in [-0.05, 0) is 37.5 Å². The normalized spacial score (nSPS) is 27.5. The van der Waals surface area contributed by atoms with Gasteiger partial charge in [0.1, 0.15) is 0 Å². The molecule has 0 bridgehead atoms. The van der Waals surface area contributed by atoms with Crippen molar-refractivity contribution >= 4 is 0 Å². The van der Waals surface area contributed by atoms with Gasteiger partial charge in [0.05, 0.1) is 12.9 Å². The molecule has 0 aromatic carbocycles. The van der Waals surface area contributed by atoms with Crippen molar-refractivity contribution in [2.75, 3.05) is 13.2 Å². The van der Waals surface area contributed by atoms with Crippen molar-refractivity contribution in [3.8, 4) is 0 Å². The van der Waals surface area contributed by atoms with Crippen molar-refractivity contribution in [3.05, 3.63) is 12.8 Å². The Bertz CT molecular complexity index is 128. The van der Waals surface area contributed by atoms with Crippen LogP contribution in [0, 0.1) is 11.8 Å². The summed E-state index contributed by atoms with van der Waals surface area (Å²) in [5.74, 6) is 1.23. The molecule has 1 aliphatic rings.